The number of quaternary nitrogens is 1. The van der Waals surface area contributed by atoms with Crippen LogP contribution in [0.5, 0.6) is 0 Å². The fraction of sp³-hybridized carbons (Fsp3) is 0.867. The van der Waals surface area contributed by atoms with Gasteiger partial charge in [-0.2, -0.15) is 0 Å². The number of methoxy groups -OCH3 is 2. The predicted octanol–water partition coefficient (Wildman–Crippen LogP) is 1.46. The van der Waals surface area contributed by atoms with Crippen molar-refractivity contribution in [3.8, 4) is 0 Å². The highest BCUT2D eigenvalue weighted by molar-refractivity contribution is 5.85. The van der Waals surface area contributed by atoms with E-state index in [-0.39, 0.29) is 35.7 Å². The van der Waals surface area contributed by atoms with E-state index in [0.717, 1.165) is 24.0 Å². The van der Waals surface area contributed by atoms with Crippen molar-refractivity contribution in [2.45, 2.75) is 33.2 Å². The van der Waals surface area contributed by atoms with E-state index in [1.165, 1.54) is 14.2 Å². The molecule has 1 fully saturated rings. The lowest BCUT2D eigenvalue weighted by molar-refractivity contribution is -0.944. The zero-order valence-electron chi connectivity index (χ0n) is 13.5. The fourth-order valence-electron chi connectivity index (χ4n) is 3.68. The molecule has 1 aliphatic rings. The highest BCUT2D eigenvalue weighted by Gasteiger charge is 2.64. The molecule has 0 aromatic rings. The van der Waals surface area contributed by atoms with Crippen LogP contribution in [0.25, 0.3) is 0 Å². The molecule has 0 radical (unpaired) electrons. The van der Waals surface area contributed by atoms with Gasteiger partial charge in [-0.05, 0) is 20.3 Å². The zero-order chi connectivity index (χ0) is 15.5. The molecule has 0 bridgehead atoms. The quantitative estimate of drug-likeness (QED) is 0.548. The molecule has 0 heterocycles. The Morgan fingerprint density at radius 1 is 0.950 bits per heavy atom. The van der Waals surface area contributed by atoms with Gasteiger partial charge < -0.3 is 14.0 Å². The molecule has 1 aliphatic carbocycles. The van der Waals surface area contributed by atoms with Crippen LogP contribution in [0.3, 0.4) is 0 Å². The third kappa shape index (κ3) is 2.55. The second-order valence-corrected chi connectivity index (χ2v) is 5.77. The molecule has 5 nitrogen and oxygen atoms in total. The first kappa shape index (κ1) is 17.0. The molecule has 1 rings (SSSR count). The average molecular weight is 286 g/mol. The molecule has 116 valence electrons. The largest absolute Gasteiger partial charge is 0.469 e. The molecule has 0 saturated heterocycles. The topological polar surface area (TPSA) is 52.6 Å². The van der Waals surface area contributed by atoms with Gasteiger partial charge in [-0.1, -0.05) is 6.92 Å². The lowest BCUT2D eigenvalue weighted by Gasteiger charge is -2.56. The van der Waals surface area contributed by atoms with E-state index in [2.05, 4.69) is 27.8 Å². The van der Waals surface area contributed by atoms with Gasteiger partial charge in [0.2, 0.25) is 0 Å². The minimum Gasteiger partial charge on any atom is -0.469 e. The number of carbonyl (C=O) groups excluding carboxylic acids is 2. The normalized spacial score (nSPS) is 29.5. The van der Waals surface area contributed by atoms with E-state index in [1.807, 2.05) is 0 Å². The van der Waals surface area contributed by atoms with E-state index in [9.17, 15) is 9.59 Å². The number of ether oxygens (including phenoxy) is 2. The smallest absolute Gasteiger partial charge is 0.315 e. The first-order chi connectivity index (χ1) is 9.41. The van der Waals surface area contributed by atoms with Gasteiger partial charge in [0.25, 0.3) is 0 Å². The van der Waals surface area contributed by atoms with Crippen molar-refractivity contribution in [2.24, 2.45) is 17.8 Å². The summed E-state index contributed by atoms with van der Waals surface area (Å²) in [5, 5.41) is 0. The van der Waals surface area contributed by atoms with Gasteiger partial charge in [0.05, 0.1) is 40.3 Å². The fourth-order valence-corrected chi connectivity index (χ4v) is 3.68. The third-order valence-electron chi connectivity index (χ3n) is 5.24. The Balaban J connectivity index is 3.14. The van der Waals surface area contributed by atoms with Crippen LogP contribution >= 0.6 is 0 Å². The van der Waals surface area contributed by atoms with Gasteiger partial charge in [-0.15, -0.1) is 0 Å². The van der Waals surface area contributed by atoms with Crippen LogP contribution in [-0.2, 0) is 19.1 Å². The Hall–Kier alpha value is -1.10. The molecule has 4 atom stereocenters. The Morgan fingerprint density at radius 3 is 1.75 bits per heavy atom. The maximum atomic E-state index is 12.1. The molecule has 20 heavy (non-hydrogen) atoms. The second kappa shape index (κ2) is 6.57. The number of carbonyl (C=O) groups is 2. The van der Waals surface area contributed by atoms with Crippen LogP contribution in [0.2, 0.25) is 0 Å². The summed E-state index contributed by atoms with van der Waals surface area (Å²) in [4.78, 5) is 24.1. The molecule has 1 saturated carbocycles. The predicted molar refractivity (Wildman–Crippen MR) is 75.8 cm³/mol. The summed E-state index contributed by atoms with van der Waals surface area (Å²) in [5.74, 6) is -1.15. The van der Waals surface area contributed by atoms with Crippen molar-refractivity contribution in [3.05, 3.63) is 0 Å². The molecule has 0 aromatic heterocycles. The first-order valence-corrected chi connectivity index (χ1v) is 7.41. The van der Waals surface area contributed by atoms with E-state index in [1.54, 1.807) is 0 Å². The minimum absolute atomic E-state index is 0.131. The van der Waals surface area contributed by atoms with Crippen LogP contribution in [-0.4, -0.2) is 56.8 Å². The summed E-state index contributed by atoms with van der Waals surface area (Å²) in [6, 6.07) is 0.131. The van der Waals surface area contributed by atoms with Crippen molar-refractivity contribution in [3.63, 3.8) is 0 Å². The third-order valence-corrected chi connectivity index (χ3v) is 5.24. The molecule has 0 spiro atoms. The Morgan fingerprint density at radius 2 is 1.40 bits per heavy atom. The molecule has 0 aliphatic heterocycles. The summed E-state index contributed by atoms with van der Waals surface area (Å²) in [5.41, 5.74) is 0. The Bertz CT molecular complexity index is 365. The van der Waals surface area contributed by atoms with E-state index in [4.69, 9.17) is 9.47 Å². The van der Waals surface area contributed by atoms with Crippen molar-refractivity contribution in [1.82, 2.24) is 0 Å². The SMILES string of the molecule is CC[C@@H]1[C@H](C(=O)OC)[C@@H](C(=O)OC)[C@@H]1[N+](C)(CC)CC. The molecule has 0 aromatic carbocycles. The highest BCUT2D eigenvalue weighted by Crippen LogP contribution is 2.49. The number of hydrogen-bond acceptors (Lipinski definition) is 4. The van der Waals surface area contributed by atoms with Crippen molar-refractivity contribution < 1.29 is 23.5 Å². The average Bonchev–Trinajstić information content (AvgIpc) is 2.45. The molecule has 0 amide bonds. The zero-order valence-corrected chi connectivity index (χ0v) is 13.5. The highest BCUT2D eigenvalue weighted by atomic mass is 16.5. The van der Waals surface area contributed by atoms with Gasteiger partial charge in [-0.3, -0.25) is 9.59 Å². The van der Waals surface area contributed by atoms with E-state index < -0.39 is 0 Å². The molecular weight excluding hydrogens is 258 g/mol. The van der Waals surface area contributed by atoms with Crippen LogP contribution in [0.4, 0.5) is 0 Å². The summed E-state index contributed by atoms with van der Waals surface area (Å²) in [7, 11) is 4.91. The maximum Gasteiger partial charge on any atom is 0.315 e. The van der Waals surface area contributed by atoms with Crippen molar-refractivity contribution >= 4 is 11.9 Å². The van der Waals surface area contributed by atoms with Crippen molar-refractivity contribution in [1.29, 1.82) is 0 Å². The maximum absolute atomic E-state index is 12.1. The second-order valence-electron chi connectivity index (χ2n) is 5.77. The van der Waals surface area contributed by atoms with Crippen LogP contribution in [0.1, 0.15) is 27.2 Å². The number of esters is 2. The molecule has 0 unspecified atom stereocenters. The molecular formula is C15H28NO4+. The van der Waals surface area contributed by atoms with E-state index in [0.29, 0.717) is 0 Å². The first-order valence-electron chi connectivity index (χ1n) is 7.41. The standard InChI is InChI=1S/C15H28NO4/c1-7-10-11(14(17)19-5)12(15(18)20-6)13(10)16(4,8-2)9-3/h10-13H,7-9H2,1-6H3/q+1/t10-,11+,12-,13-/m1/s1. The molecule has 5 heteroatoms. The Labute approximate surface area is 121 Å². The summed E-state index contributed by atoms with van der Waals surface area (Å²) >= 11 is 0. The van der Waals surface area contributed by atoms with Gasteiger partial charge in [-0.25, -0.2) is 0 Å². The summed E-state index contributed by atoms with van der Waals surface area (Å²) in [6.45, 7) is 8.17. The van der Waals surface area contributed by atoms with Gasteiger partial charge in [0, 0.05) is 5.92 Å². The van der Waals surface area contributed by atoms with Gasteiger partial charge in [0.1, 0.15) is 12.0 Å². The lowest BCUT2D eigenvalue weighted by atomic mass is 9.58. The number of nitrogens with zero attached hydrogens (tertiary/aromatic N) is 1. The van der Waals surface area contributed by atoms with Crippen molar-refractivity contribution in [2.75, 3.05) is 34.4 Å². The van der Waals surface area contributed by atoms with Crippen LogP contribution < -0.4 is 0 Å². The van der Waals surface area contributed by atoms with Gasteiger partial charge in [0.15, 0.2) is 0 Å². The Kier molecular flexibility index (Phi) is 5.57. The van der Waals surface area contributed by atoms with E-state index >= 15 is 0 Å². The number of rotatable bonds is 6. The van der Waals surface area contributed by atoms with Gasteiger partial charge >= 0.3 is 11.9 Å². The lowest BCUT2D eigenvalue weighted by Crippen LogP contribution is -2.71. The summed E-state index contributed by atoms with van der Waals surface area (Å²) < 4.78 is 10.6. The monoisotopic (exact) mass is 286 g/mol. The minimum atomic E-state index is -0.387. The van der Waals surface area contributed by atoms with Crippen LogP contribution in [0, 0.1) is 17.8 Å². The number of hydrogen-bond donors (Lipinski definition) is 0. The van der Waals surface area contributed by atoms with Crippen LogP contribution in [0.15, 0.2) is 0 Å². The molecule has 0 N–H and O–H groups in total. The summed E-state index contributed by atoms with van der Waals surface area (Å²) in [6.07, 6.45) is 0.867.